The summed E-state index contributed by atoms with van der Waals surface area (Å²) < 4.78 is 0. The Kier molecular flexibility index (Phi) is 5.55. The van der Waals surface area contributed by atoms with E-state index in [2.05, 4.69) is 25.7 Å². The highest BCUT2D eigenvalue weighted by atomic mass is 35.5. The Morgan fingerprint density at radius 1 is 1.58 bits per heavy atom. The molecule has 0 saturated heterocycles. The molecule has 2 nitrogen and oxygen atoms in total. The van der Waals surface area contributed by atoms with Crippen molar-refractivity contribution in [2.75, 3.05) is 19.7 Å². The van der Waals surface area contributed by atoms with Crippen LogP contribution in [0.2, 0.25) is 0 Å². The van der Waals surface area contributed by atoms with Crippen molar-refractivity contribution in [3.05, 3.63) is 11.6 Å². The quantitative estimate of drug-likeness (QED) is 0.671. The standard InChI is InChI=1S/C9H18ClNO/c1-8(10)6-11-7-9(2,3)4-5-12/h11-12H,1,4-7H2,2-3H3. The third kappa shape index (κ3) is 6.65. The van der Waals surface area contributed by atoms with E-state index in [4.69, 9.17) is 16.7 Å². The monoisotopic (exact) mass is 191 g/mol. The van der Waals surface area contributed by atoms with E-state index in [9.17, 15) is 0 Å². The number of hydrogen-bond acceptors (Lipinski definition) is 2. The molecule has 0 aliphatic rings. The Bertz CT molecular complexity index is 145. The number of hydrogen-bond donors (Lipinski definition) is 2. The first-order chi connectivity index (χ1) is 5.48. The van der Waals surface area contributed by atoms with Gasteiger partial charge in [-0.1, -0.05) is 32.0 Å². The third-order valence-electron chi connectivity index (χ3n) is 1.71. The topological polar surface area (TPSA) is 32.3 Å². The van der Waals surface area contributed by atoms with Crippen LogP contribution in [0.1, 0.15) is 20.3 Å². The third-order valence-corrected chi connectivity index (χ3v) is 1.84. The van der Waals surface area contributed by atoms with Crippen molar-refractivity contribution >= 4 is 11.6 Å². The normalized spacial score (nSPS) is 11.7. The lowest BCUT2D eigenvalue weighted by atomic mass is 9.90. The molecule has 0 atom stereocenters. The highest BCUT2D eigenvalue weighted by Crippen LogP contribution is 2.17. The molecule has 12 heavy (non-hydrogen) atoms. The van der Waals surface area contributed by atoms with Crippen LogP contribution in [-0.2, 0) is 0 Å². The number of aliphatic hydroxyl groups is 1. The smallest absolute Gasteiger partial charge is 0.0436 e. The van der Waals surface area contributed by atoms with E-state index in [0.717, 1.165) is 13.0 Å². The van der Waals surface area contributed by atoms with Crippen molar-refractivity contribution in [2.45, 2.75) is 20.3 Å². The van der Waals surface area contributed by atoms with Crippen LogP contribution in [0.15, 0.2) is 11.6 Å². The molecule has 0 amide bonds. The van der Waals surface area contributed by atoms with Crippen molar-refractivity contribution in [1.82, 2.24) is 5.32 Å². The Labute approximate surface area is 79.6 Å². The molecule has 3 heteroatoms. The molecule has 0 bridgehead atoms. The largest absolute Gasteiger partial charge is 0.396 e. The Morgan fingerprint density at radius 3 is 2.58 bits per heavy atom. The SMILES string of the molecule is C=C(Cl)CNCC(C)(C)CCO. The minimum atomic E-state index is 0.126. The maximum Gasteiger partial charge on any atom is 0.0436 e. The van der Waals surface area contributed by atoms with Crippen LogP contribution in [-0.4, -0.2) is 24.8 Å². The summed E-state index contributed by atoms with van der Waals surface area (Å²) in [5, 5.41) is 12.5. The number of nitrogens with one attached hydrogen (secondary N) is 1. The number of halogens is 1. The van der Waals surface area contributed by atoms with Crippen molar-refractivity contribution in [1.29, 1.82) is 0 Å². The maximum atomic E-state index is 8.74. The van der Waals surface area contributed by atoms with Gasteiger partial charge in [0.05, 0.1) is 0 Å². The van der Waals surface area contributed by atoms with E-state index in [-0.39, 0.29) is 12.0 Å². The Hall–Kier alpha value is -0.0500. The van der Waals surface area contributed by atoms with Gasteiger partial charge in [0.1, 0.15) is 0 Å². The van der Waals surface area contributed by atoms with Gasteiger partial charge in [-0.3, -0.25) is 0 Å². The molecule has 0 aliphatic carbocycles. The highest BCUT2D eigenvalue weighted by molar-refractivity contribution is 6.29. The van der Waals surface area contributed by atoms with Gasteiger partial charge in [-0.2, -0.15) is 0 Å². The lowest BCUT2D eigenvalue weighted by molar-refractivity contribution is 0.208. The van der Waals surface area contributed by atoms with Crippen LogP contribution in [0.3, 0.4) is 0 Å². The number of rotatable bonds is 6. The minimum absolute atomic E-state index is 0.126. The molecular formula is C9H18ClNO. The first-order valence-corrected chi connectivity index (χ1v) is 4.50. The second-order valence-corrected chi connectivity index (χ2v) is 4.29. The van der Waals surface area contributed by atoms with Gasteiger partial charge in [0.2, 0.25) is 0 Å². The van der Waals surface area contributed by atoms with Gasteiger partial charge < -0.3 is 10.4 Å². The van der Waals surface area contributed by atoms with E-state index in [1.807, 2.05) is 0 Å². The maximum absolute atomic E-state index is 8.74. The summed E-state index contributed by atoms with van der Waals surface area (Å²) in [6.45, 7) is 9.50. The van der Waals surface area contributed by atoms with E-state index in [0.29, 0.717) is 11.6 Å². The summed E-state index contributed by atoms with van der Waals surface area (Å²) in [4.78, 5) is 0. The molecule has 0 unspecified atom stereocenters. The predicted octanol–water partition coefficient (Wildman–Crippen LogP) is 1.74. The van der Waals surface area contributed by atoms with Crippen LogP contribution in [0.4, 0.5) is 0 Å². The van der Waals surface area contributed by atoms with E-state index in [1.165, 1.54) is 0 Å². The average molecular weight is 192 g/mol. The van der Waals surface area contributed by atoms with Crippen LogP contribution in [0, 0.1) is 5.41 Å². The highest BCUT2D eigenvalue weighted by Gasteiger charge is 2.15. The van der Waals surface area contributed by atoms with Crippen LogP contribution >= 0.6 is 11.6 Å². The van der Waals surface area contributed by atoms with Crippen LogP contribution in [0.5, 0.6) is 0 Å². The summed E-state index contributed by atoms with van der Waals surface area (Å²) in [5.74, 6) is 0. The van der Waals surface area contributed by atoms with Crippen molar-refractivity contribution in [3.8, 4) is 0 Å². The fourth-order valence-electron chi connectivity index (χ4n) is 0.928. The molecule has 0 fully saturated rings. The second-order valence-electron chi connectivity index (χ2n) is 3.76. The molecular weight excluding hydrogens is 174 g/mol. The van der Waals surface area contributed by atoms with Crippen LogP contribution < -0.4 is 5.32 Å². The molecule has 0 spiro atoms. The van der Waals surface area contributed by atoms with Gasteiger partial charge >= 0.3 is 0 Å². The van der Waals surface area contributed by atoms with Gasteiger partial charge in [0.25, 0.3) is 0 Å². The summed E-state index contributed by atoms with van der Waals surface area (Å²) in [5.41, 5.74) is 0.126. The first kappa shape index (κ1) is 11.9. The fraction of sp³-hybridized carbons (Fsp3) is 0.778. The molecule has 2 N–H and O–H groups in total. The summed E-state index contributed by atoms with van der Waals surface area (Å²) in [6.07, 6.45) is 0.800. The minimum Gasteiger partial charge on any atom is -0.396 e. The van der Waals surface area contributed by atoms with Crippen molar-refractivity contribution in [3.63, 3.8) is 0 Å². The number of aliphatic hydroxyl groups excluding tert-OH is 1. The zero-order valence-corrected chi connectivity index (χ0v) is 8.62. The second kappa shape index (κ2) is 5.57. The van der Waals surface area contributed by atoms with E-state index < -0.39 is 0 Å². The van der Waals surface area contributed by atoms with Crippen molar-refractivity contribution in [2.24, 2.45) is 5.41 Å². The molecule has 0 aromatic heterocycles. The molecule has 0 aliphatic heterocycles. The van der Waals surface area contributed by atoms with E-state index in [1.54, 1.807) is 0 Å². The molecule has 72 valence electrons. The van der Waals surface area contributed by atoms with E-state index >= 15 is 0 Å². The average Bonchev–Trinajstić information content (AvgIpc) is 1.85. The van der Waals surface area contributed by atoms with Crippen molar-refractivity contribution < 1.29 is 5.11 Å². The molecule has 0 heterocycles. The Balaban J connectivity index is 3.53. The lowest BCUT2D eigenvalue weighted by Crippen LogP contribution is -2.30. The lowest BCUT2D eigenvalue weighted by Gasteiger charge is -2.23. The zero-order chi connectivity index (χ0) is 9.61. The molecule has 0 aromatic rings. The summed E-state index contributed by atoms with van der Waals surface area (Å²) in [7, 11) is 0. The zero-order valence-electron chi connectivity index (χ0n) is 7.86. The first-order valence-electron chi connectivity index (χ1n) is 4.13. The van der Waals surface area contributed by atoms with Crippen LogP contribution in [0.25, 0.3) is 0 Å². The summed E-state index contributed by atoms with van der Waals surface area (Å²) in [6, 6.07) is 0. The van der Waals surface area contributed by atoms with Gasteiger partial charge in [-0.05, 0) is 11.8 Å². The van der Waals surface area contributed by atoms with Gasteiger partial charge in [0, 0.05) is 24.7 Å². The fourth-order valence-corrected chi connectivity index (χ4v) is 1.02. The predicted molar refractivity (Wildman–Crippen MR) is 53.3 cm³/mol. The summed E-state index contributed by atoms with van der Waals surface area (Å²) >= 11 is 5.58. The molecule has 0 aromatic carbocycles. The van der Waals surface area contributed by atoms with Gasteiger partial charge in [0.15, 0.2) is 0 Å². The molecule has 0 rings (SSSR count). The molecule has 0 saturated carbocycles. The Morgan fingerprint density at radius 2 is 2.17 bits per heavy atom. The van der Waals surface area contributed by atoms with Gasteiger partial charge in [-0.15, -0.1) is 0 Å². The molecule has 0 radical (unpaired) electrons. The van der Waals surface area contributed by atoms with Gasteiger partial charge in [-0.25, -0.2) is 0 Å².